The van der Waals surface area contributed by atoms with Crippen molar-refractivity contribution in [2.75, 3.05) is 20.2 Å². The van der Waals surface area contributed by atoms with E-state index in [0.717, 1.165) is 17.7 Å². The maximum atomic E-state index is 10.1. The molecular weight excluding hydrogens is 338 g/mol. The summed E-state index contributed by atoms with van der Waals surface area (Å²) in [6.07, 6.45) is 0.652. The third-order valence-electron chi connectivity index (χ3n) is 3.70. The zero-order chi connectivity index (χ0) is 18.1. The van der Waals surface area contributed by atoms with Crippen molar-refractivity contribution in [1.82, 2.24) is 10.6 Å². The number of guanidine groups is 1. The number of rotatable bonds is 7. The molecule has 0 bridgehead atoms. The third-order valence-corrected chi connectivity index (χ3v) is 4.07. The van der Waals surface area contributed by atoms with Crippen LogP contribution < -0.4 is 15.4 Å². The zero-order valence-electron chi connectivity index (χ0n) is 14.6. The number of hydrogen-bond acceptors (Lipinski definition) is 3. The molecule has 0 heterocycles. The second-order valence-corrected chi connectivity index (χ2v) is 5.84. The molecule has 25 heavy (non-hydrogen) atoms. The van der Waals surface area contributed by atoms with Gasteiger partial charge in [0.25, 0.3) is 0 Å². The molecule has 3 N–H and O–H groups in total. The van der Waals surface area contributed by atoms with E-state index in [9.17, 15) is 5.11 Å². The summed E-state index contributed by atoms with van der Waals surface area (Å²) >= 11 is 6.17. The number of ether oxygens (including phenoxy) is 1. The van der Waals surface area contributed by atoms with Gasteiger partial charge in [-0.25, -0.2) is 4.99 Å². The molecule has 0 aliphatic rings. The molecule has 0 aliphatic carbocycles. The minimum Gasteiger partial charge on any atom is -0.504 e. The number of aromatic hydroxyl groups is 1. The van der Waals surface area contributed by atoms with Crippen LogP contribution in [0.2, 0.25) is 5.02 Å². The van der Waals surface area contributed by atoms with Crippen molar-refractivity contribution in [1.29, 1.82) is 0 Å². The van der Waals surface area contributed by atoms with Crippen LogP contribution in [0, 0.1) is 0 Å². The maximum Gasteiger partial charge on any atom is 0.191 e. The minimum atomic E-state index is 0.185. The Morgan fingerprint density at radius 3 is 2.60 bits per heavy atom. The van der Waals surface area contributed by atoms with Crippen LogP contribution >= 0.6 is 11.6 Å². The summed E-state index contributed by atoms with van der Waals surface area (Å²) < 4.78 is 5.13. The molecule has 0 saturated heterocycles. The van der Waals surface area contributed by atoms with Crippen molar-refractivity contribution in [3.05, 3.63) is 58.6 Å². The summed E-state index contributed by atoms with van der Waals surface area (Å²) in [5.41, 5.74) is 1.81. The fraction of sp³-hybridized carbons (Fsp3) is 0.316. The monoisotopic (exact) mass is 361 g/mol. The van der Waals surface area contributed by atoms with Crippen molar-refractivity contribution in [3.63, 3.8) is 0 Å². The lowest BCUT2D eigenvalue weighted by molar-refractivity contribution is 0.370. The lowest BCUT2D eigenvalue weighted by Crippen LogP contribution is -2.38. The van der Waals surface area contributed by atoms with E-state index in [1.807, 2.05) is 43.3 Å². The van der Waals surface area contributed by atoms with E-state index in [2.05, 4.69) is 15.6 Å². The lowest BCUT2D eigenvalue weighted by atomic mass is 10.1. The smallest absolute Gasteiger partial charge is 0.191 e. The van der Waals surface area contributed by atoms with Crippen LogP contribution in [-0.2, 0) is 13.0 Å². The number of nitrogens with one attached hydrogen (secondary N) is 2. The molecular formula is C19H24ClN3O2. The fourth-order valence-corrected chi connectivity index (χ4v) is 2.58. The number of halogens is 1. The number of benzene rings is 2. The minimum absolute atomic E-state index is 0.185. The molecule has 0 amide bonds. The highest BCUT2D eigenvalue weighted by molar-refractivity contribution is 6.31. The fourth-order valence-electron chi connectivity index (χ4n) is 2.38. The molecule has 2 rings (SSSR count). The van der Waals surface area contributed by atoms with Crippen LogP contribution in [0.5, 0.6) is 11.5 Å². The molecule has 0 radical (unpaired) electrons. The van der Waals surface area contributed by atoms with Crippen molar-refractivity contribution >= 4 is 17.6 Å². The topological polar surface area (TPSA) is 65.9 Å². The van der Waals surface area contributed by atoms with Gasteiger partial charge in [0.2, 0.25) is 0 Å². The van der Waals surface area contributed by atoms with E-state index >= 15 is 0 Å². The molecule has 0 atom stereocenters. The SMILES string of the molecule is CCNC(=NCc1ccccc1Cl)NCCc1cccc(OC)c1O. The van der Waals surface area contributed by atoms with Gasteiger partial charge in [-0.15, -0.1) is 0 Å². The van der Waals surface area contributed by atoms with Crippen molar-refractivity contribution in [3.8, 4) is 11.5 Å². The first-order valence-electron chi connectivity index (χ1n) is 8.26. The predicted molar refractivity (Wildman–Crippen MR) is 103 cm³/mol. The summed E-state index contributed by atoms with van der Waals surface area (Å²) in [7, 11) is 1.54. The summed E-state index contributed by atoms with van der Waals surface area (Å²) in [5, 5.41) is 17.3. The van der Waals surface area contributed by atoms with Crippen LogP contribution in [-0.4, -0.2) is 31.3 Å². The third kappa shape index (κ3) is 5.57. The first-order chi connectivity index (χ1) is 12.2. The van der Waals surface area contributed by atoms with Gasteiger partial charge in [0.05, 0.1) is 13.7 Å². The second kappa shape index (κ2) is 9.79. The van der Waals surface area contributed by atoms with E-state index in [1.54, 1.807) is 13.2 Å². The predicted octanol–water partition coefficient (Wildman–Crippen LogP) is 3.35. The Bertz CT molecular complexity index is 720. The summed E-state index contributed by atoms with van der Waals surface area (Å²) in [5.74, 6) is 1.38. The van der Waals surface area contributed by atoms with Gasteiger partial charge in [-0.3, -0.25) is 0 Å². The maximum absolute atomic E-state index is 10.1. The highest BCUT2D eigenvalue weighted by Gasteiger charge is 2.07. The summed E-state index contributed by atoms with van der Waals surface area (Å²) in [6.45, 7) is 3.91. The molecule has 2 aromatic rings. The molecule has 134 valence electrons. The molecule has 0 fully saturated rings. The van der Waals surface area contributed by atoms with E-state index in [4.69, 9.17) is 16.3 Å². The van der Waals surface area contributed by atoms with Gasteiger partial charge in [0, 0.05) is 18.1 Å². The standard InChI is InChI=1S/C19H24ClN3O2/c1-3-21-19(23-13-15-7-4-5-9-16(15)20)22-12-11-14-8-6-10-17(25-2)18(14)24/h4-10,24H,3,11-13H2,1-2H3,(H2,21,22,23). The summed E-state index contributed by atoms with van der Waals surface area (Å²) in [6, 6.07) is 13.2. The van der Waals surface area contributed by atoms with Gasteiger partial charge in [0.1, 0.15) is 0 Å². The normalized spacial score (nSPS) is 11.2. The largest absolute Gasteiger partial charge is 0.504 e. The Labute approximate surface area is 153 Å². The van der Waals surface area contributed by atoms with Crippen LogP contribution in [0.1, 0.15) is 18.1 Å². The molecule has 0 spiro atoms. The van der Waals surface area contributed by atoms with E-state index < -0.39 is 0 Å². The van der Waals surface area contributed by atoms with Gasteiger partial charge in [-0.05, 0) is 36.6 Å². The molecule has 5 nitrogen and oxygen atoms in total. The molecule has 0 aliphatic heterocycles. The van der Waals surface area contributed by atoms with Gasteiger partial charge in [-0.1, -0.05) is 41.9 Å². The number of para-hydroxylation sites is 1. The molecule has 0 aromatic heterocycles. The van der Waals surface area contributed by atoms with Crippen LogP contribution in [0.3, 0.4) is 0 Å². The van der Waals surface area contributed by atoms with Gasteiger partial charge in [0.15, 0.2) is 17.5 Å². The van der Waals surface area contributed by atoms with Crippen molar-refractivity contribution in [2.45, 2.75) is 19.9 Å². The Hall–Kier alpha value is -2.40. The molecule has 2 aromatic carbocycles. The molecule has 0 saturated carbocycles. The van der Waals surface area contributed by atoms with Crippen molar-refractivity contribution < 1.29 is 9.84 Å². The average molecular weight is 362 g/mol. The summed E-state index contributed by atoms with van der Waals surface area (Å²) in [4.78, 5) is 4.55. The first-order valence-corrected chi connectivity index (χ1v) is 8.64. The average Bonchev–Trinajstić information content (AvgIpc) is 2.62. The number of phenols is 1. The highest BCUT2D eigenvalue weighted by Crippen LogP contribution is 2.29. The zero-order valence-corrected chi connectivity index (χ0v) is 15.3. The number of aliphatic imine (C=N–C) groups is 1. The Balaban J connectivity index is 1.95. The highest BCUT2D eigenvalue weighted by atomic mass is 35.5. The van der Waals surface area contributed by atoms with Crippen molar-refractivity contribution in [2.24, 2.45) is 4.99 Å². The molecule has 0 unspecified atom stereocenters. The Morgan fingerprint density at radius 1 is 1.12 bits per heavy atom. The van der Waals surface area contributed by atoms with Gasteiger partial charge in [-0.2, -0.15) is 0 Å². The van der Waals surface area contributed by atoms with Crippen LogP contribution in [0.25, 0.3) is 0 Å². The Morgan fingerprint density at radius 2 is 1.88 bits per heavy atom. The molecule has 6 heteroatoms. The second-order valence-electron chi connectivity index (χ2n) is 5.43. The number of hydrogen-bond donors (Lipinski definition) is 3. The number of methoxy groups -OCH3 is 1. The van der Waals surface area contributed by atoms with Gasteiger partial charge >= 0.3 is 0 Å². The van der Waals surface area contributed by atoms with Crippen LogP contribution in [0.4, 0.5) is 0 Å². The lowest BCUT2D eigenvalue weighted by Gasteiger charge is -2.13. The first kappa shape index (κ1) is 18.9. The van der Waals surface area contributed by atoms with E-state index in [-0.39, 0.29) is 5.75 Å². The van der Waals surface area contributed by atoms with Gasteiger partial charge < -0.3 is 20.5 Å². The van der Waals surface area contributed by atoms with E-state index in [0.29, 0.717) is 36.2 Å². The number of phenolic OH excluding ortho intramolecular Hbond substituents is 1. The van der Waals surface area contributed by atoms with E-state index in [1.165, 1.54) is 0 Å². The quantitative estimate of drug-likeness (QED) is 0.522. The Kier molecular flexibility index (Phi) is 7.41. The number of nitrogens with zero attached hydrogens (tertiary/aromatic N) is 1. The van der Waals surface area contributed by atoms with Crippen LogP contribution in [0.15, 0.2) is 47.5 Å².